The Morgan fingerprint density at radius 2 is 2.04 bits per heavy atom. The van der Waals surface area contributed by atoms with E-state index < -0.39 is 11.7 Å². The number of aryl methyl sites for hydroxylation is 2. The number of aliphatic imine (C=N–C) groups is 1. The lowest BCUT2D eigenvalue weighted by Gasteiger charge is -2.13. The fraction of sp³-hybridized carbons (Fsp3) is 0.412. The molecule has 0 fully saturated rings. The molecule has 1 aromatic carbocycles. The van der Waals surface area contributed by atoms with Crippen LogP contribution in [0.15, 0.2) is 29.3 Å². The second-order valence-corrected chi connectivity index (χ2v) is 6.76. The average molecular weight is 386 g/mol. The molecule has 2 N–H and O–H groups in total. The predicted molar refractivity (Wildman–Crippen MR) is 96.7 cm³/mol. The summed E-state index contributed by atoms with van der Waals surface area (Å²) in [6, 6.07) is 4.82. The first-order chi connectivity index (χ1) is 12.3. The van der Waals surface area contributed by atoms with Crippen molar-refractivity contribution in [1.29, 1.82) is 0 Å². The topological polar surface area (TPSA) is 58.5 Å². The van der Waals surface area contributed by atoms with E-state index in [1.54, 1.807) is 18.4 Å². The fourth-order valence-electron chi connectivity index (χ4n) is 2.22. The lowest BCUT2D eigenvalue weighted by Crippen LogP contribution is -2.38. The summed E-state index contributed by atoms with van der Waals surface area (Å²) in [6.45, 7) is 5.13. The van der Waals surface area contributed by atoms with E-state index in [9.17, 15) is 13.2 Å². The van der Waals surface area contributed by atoms with E-state index in [-0.39, 0.29) is 12.4 Å². The smallest absolute Gasteiger partial charge is 0.416 e. The first-order valence-corrected chi connectivity index (χ1v) is 8.78. The standard InChI is InChI=1S/C17H21F3N4OS/c1-11-15(26-12(2)24-11)10-23-16(21-3)22-7-8-25-14-6-4-5-13(9-14)17(18,19)20/h4-6,9H,7-8,10H2,1-3H3,(H2,21,22,23). The van der Waals surface area contributed by atoms with E-state index in [2.05, 4.69) is 20.6 Å². The highest BCUT2D eigenvalue weighted by atomic mass is 32.1. The van der Waals surface area contributed by atoms with Gasteiger partial charge >= 0.3 is 6.18 Å². The third kappa shape index (κ3) is 5.91. The number of rotatable bonds is 6. The number of hydrogen-bond acceptors (Lipinski definition) is 4. The minimum atomic E-state index is -4.38. The van der Waals surface area contributed by atoms with Gasteiger partial charge in [-0.25, -0.2) is 4.98 Å². The first-order valence-electron chi connectivity index (χ1n) is 7.97. The number of benzene rings is 1. The van der Waals surface area contributed by atoms with Crippen molar-refractivity contribution < 1.29 is 17.9 Å². The van der Waals surface area contributed by atoms with Crippen LogP contribution in [0, 0.1) is 13.8 Å². The number of aromatic nitrogens is 1. The van der Waals surface area contributed by atoms with Crippen molar-refractivity contribution in [3.63, 3.8) is 0 Å². The van der Waals surface area contributed by atoms with Gasteiger partial charge in [0.05, 0.1) is 29.4 Å². The Labute approximate surface area is 154 Å². The van der Waals surface area contributed by atoms with Gasteiger partial charge in [-0.15, -0.1) is 11.3 Å². The molecule has 0 saturated heterocycles. The molecule has 0 atom stereocenters. The number of alkyl halides is 3. The number of nitrogens with one attached hydrogen (secondary N) is 2. The van der Waals surface area contributed by atoms with Gasteiger partial charge in [-0.05, 0) is 32.0 Å². The number of ether oxygens (including phenoxy) is 1. The minimum Gasteiger partial charge on any atom is -0.492 e. The molecule has 0 aliphatic carbocycles. The number of thiazole rings is 1. The zero-order valence-corrected chi connectivity index (χ0v) is 15.6. The Morgan fingerprint density at radius 3 is 2.65 bits per heavy atom. The van der Waals surface area contributed by atoms with Crippen LogP contribution in [0.5, 0.6) is 5.75 Å². The highest BCUT2D eigenvalue weighted by Crippen LogP contribution is 2.31. The highest BCUT2D eigenvalue weighted by molar-refractivity contribution is 7.11. The SMILES string of the molecule is CN=C(NCCOc1cccc(C(F)(F)F)c1)NCc1sc(C)nc1C. The van der Waals surface area contributed by atoms with Crippen LogP contribution in [0.25, 0.3) is 0 Å². The Bertz CT molecular complexity index is 759. The molecule has 1 aromatic heterocycles. The fourth-order valence-corrected chi connectivity index (χ4v) is 3.10. The normalized spacial score (nSPS) is 12.2. The summed E-state index contributed by atoms with van der Waals surface area (Å²) in [7, 11) is 1.65. The highest BCUT2D eigenvalue weighted by Gasteiger charge is 2.30. The molecular formula is C17H21F3N4OS. The van der Waals surface area contributed by atoms with Crippen LogP contribution >= 0.6 is 11.3 Å². The number of nitrogens with zero attached hydrogens (tertiary/aromatic N) is 2. The summed E-state index contributed by atoms with van der Waals surface area (Å²) >= 11 is 1.62. The summed E-state index contributed by atoms with van der Waals surface area (Å²) in [5.41, 5.74) is 0.263. The second kappa shape index (κ2) is 8.88. The number of halogens is 3. The Morgan fingerprint density at radius 1 is 1.27 bits per heavy atom. The summed E-state index contributed by atoms with van der Waals surface area (Å²) in [5.74, 6) is 0.767. The quantitative estimate of drug-likeness (QED) is 0.453. The van der Waals surface area contributed by atoms with Crippen LogP contribution in [0.2, 0.25) is 0 Å². The van der Waals surface area contributed by atoms with Gasteiger partial charge in [0, 0.05) is 11.9 Å². The number of guanidine groups is 1. The van der Waals surface area contributed by atoms with E-state index in [1.165, 1.54) is 12.1 Å². The molecule has 0 saturated carbocycles. The summed E-state index contributed by atoms with van der Waals surface area (Å²) < 4.78 is 43.4. The molecule has 0 amide bonds. The van der Waals surface area contributed by atoms with Crippen LogP contribution in [0.4, 0.5) is 13.2 Å². The molecule has 1 heterocycles. The van der Waals surface area contributed by atoms with Gasteiger partial charge < -0.3 is 15.4 Å². The monoisotopic (exact) mass is 386 g/mol. The Kier molecular flexibility index (Phi) is 6.84. The van der Waals surface area contributed by atoms with E-state index in [0.29, 0.717) is 19.0 Å². The maximum absolute atomic E-state index is 12.7. The van der Waals surface area contributed by atoms with Gasteiger partial charge in [0.15, 0.2) is 5.96 Å². The van der Waals surface area contributed by atoms with Crippen LogP contribution < -0.4 is 15.4 Å². The van der Waals surface area contributed by atoms with Crippen molar-refractivity contribution in [3.05, 3.63) is 45.4 Å². The van der Waals surface area contributed by atoms with Gasteiger partial charge in [-0.2, -0.15) is 13.2 Å². The van der Waals surface area contributed by atoms with Crippen LogP contribution in [-0.4, -0.2) is 31.1 Å². The van der Waals surface area contributed by atoms with Gasteiger partial charge in [-0.3, -0.25) is 4.99 Å². The molecule has 0 unspecified atom stereocenters. The molecule has 0 radical (unpaired) electrons. The Hall–Kier alpha value is -2.29. The van der Waals surface area contributed by atoms with Crippen molar-refractivity contribution in [2.45, 2.75) is 26.6 Å². The minimum absolute atomic E-state index is 0.181. The maximum atomic E-state index is 12.7. The van der Waals surface area contributed by atoms with Crippen molar-refractivity contribution in [3.8, 4) is 5.75 Å². The maximum Gasteiger partial charge on any atom is 0.416 e. The largest absolute Gasteiger partial charge is 0.492 e. The summed E-state index contributed by atoms with van der Waals surface area (Å²) in [6.07, 6.45) is -4.38. The third-order valence-electron chi connectivity index (χ3n) is 3.46. The Balaban J connectivity index is 1.77. The molecular weight excluding hydrogens is 365 g/mol. The zero-order chi connectivity index (χ0) is 19.2. The van der Waals surface area contributed by atoms with Crippen molar-refractivity contribution >= 4 is 17.3 Å². The van der Waals surface area contributed by atoms with Crippen LogP contribution in [0.1, 0.15) is 21.1 Å². The second-order valence-electron chi connectivity index (χ2n) is 5.47. The molecule has 2 rings (SSSR count). The van der Waals surface area contributed by atoms with Crippen molar-refractivity contribution in [2.75, 3.05) is 20.2 Å². The summed E-state index contributed by atoms with van der Waals surface area (Å²) in [5, 5.41) is 7.24. The molecule has 0 aliphatic heterocycles. The van der Waals surface area contributed by atoms with E-state index in [1.807, 2.05) is 13.8 Å². The molecule has 0 bridgehead atoms. The molecule has 0 spiro atoms. The zero-order valence-electron chi connectivity index (χ0n) is 14.8. The first kappa shape index (κ1) is 20.0. The van der Waals surface area contributed by atoms with Gasteiger partial charge in [0.1, 0.15) is 12.4 Å². The van der Waals surface area contributed by atoms with Crippen LogP contribution in [0.3, 0.4) is 0 Å². The summed E-state index contributed by atoms with van der Waals surface area (Å²) in [4.78, 5) is 9.60. The van der Waals surface area contributed by atoms with Crippen LogP contribution in [-0.2, 0) is 12.7 Å². The molecule has 2 aromatic rings. The lowest BCUT2D eigenvalue weighted by molar-refractivity contribution is -0.137. The lowest BCUT2D eigenvalue weighted by atomic mass is 10.2. The molecule has 26 heavy (non-hydrogen) atoms. The van der Waals surface area contributed by atoms with Gasteiger partial charge in [0.25, 0.3) is 0 Å². The van der Waals surface area contributed by atoms with Crippen molar-refractivity contribution in [2.24, 2.45) is 4.99 Å². The molecule has 0 aliphatic rings. The predicted octanol–water partition coefficient (Wildman–Crippen LogP) is 3.52. The van der Waals surface area contributed by atoms with Gasteiger partial charge in [0.2, 0.25) is 0 Å². The van der Waals surface area contributed by atoms with Gasteiger partial charge in [-0.1, -0.05) is 6.07 Å². The van der Waals surface area contributed by atoms with E-state index in [0.717, 1.165) is 27.7 Å². The molecule has 5 nitrogen and oxygen atoms in total. The number of hydrogen-bond donors (Lipinski definition) is 2. The van der Waals surface area contributed by atoms with E-state index in [4.69, 9.17) is 4.74 Å². The van der Waals surface area contributed by atoms with E-state index >= 15 is 0 Å². The average Bonchev–Trinajstić information content (AvgIpc) is 2.91. The molecule has 142 valence electrons. The third-order valence-corrected chi connectivity index (χ3v) is 4.54. The van der Waals surface area contributed by atoms with Crippen molar-refractivity contribution in [1.82, 2.24) is 15.6 Å². The molecule has 9 heteroatoms.